The highest BCUT2D eigenvalue weighted by atomic mass is 32.2. The lowest BCUT2D eigenvalue weighted by Gasteiger charge is -2.20. The Morgan fingerprint density at radius 3 is 2.34 bits per heavy atom. The van der Waals surface area contributed by atoms with Crippen molar-refractivity contribution in [3.05, 3.63) is 66.7 Å². The van der Waals surface area contributed by atoms with E-state index in [2.05, 4.69) is 46.1 Å². The highest BCUT2D eigenvalue weighted by molar-refractivity contribution is 7.98. The van der Waals surface area contributed by atoms with E-state index in [1.807, 2.05) is 42.5 Å². The zero-order valence-corrected chi connectivity index (χ0v) is 17.2. The summed E-state index contributed by atoms with van der Waals surface area (Å²) in [4.78, 5) is 6.62. The van der Waals surface area contributed by atoms with Crippen molar-refractivity contribution in [2.75, 3.05) is 18.0 Å². The Morgan fingerprint density at radius 1 is 0.862 bits per heavy atom. The molecule has 2 aromatic carbocycles. The number of aromatic nitrogens is 3. The van der Waals surface area contributed by atoms with Crippen molar-refractivity contribution in [2.24, 2.45) is 0 Å². The first-order chi connectivity index (χ1) is 14.3. The molecule has 0 saturated heterocycles. The summed E-state index contributed by atoms with van der Waals surface area (Å²) in [5.41, 5.74) is 3.10. The van der Waals surface area contributed by atoms with E-state index in [0.29, 0.717) is 22.8 Å². The Morgan fingerprint density at radius 2 is 1.62 bits per heavy atom. The number of thioether (sulfide) groups is 1. The maximum atomic E-state index is 5.81. The molecule has 0 fully saturated rings. The van der Waals surface area contributed by atoms with Crippen molar-refractivity contribution in [2.45, 2.75) is 24.8 Å². The van der Waals surface area contributed by atoms with Gasteiger partial charge in [-0.2, -0.15) is 0 Å². The third-order valence-corrected chi connectivity index (χ3v) is 5.38. The second-order valence-electron chi connectivity index (χ2n) is 6.37. The minimum absolute atomic E-state index is 0.493. The van der Waals surface area contributed by atoms with Crippen LogP contribution in [0, 0.1) is 0 Å². The second-order valence-corrected chi connectivity index (χ2v) is 7.29. The van der Waals surface area contributed by atoms with Gasteiger partial charge < -0.3 is 13.7 Å². The lowest BCUT2D eigenvalue weighted by molar-refractivity contribution is 0.464. The zero-order chi connectivity index (χ0) is 20.1. The standard InChI is InChI=1S/C22H22N4O2S/c1-3-26(4-2)18-12-10-17(11-13-18)21-24-25-22(28-21)29-15-20-23-14-19(27-20)16-8-6-5-7-9-16/h5-14H,3-4,15H2,1-2H3. The number of anilines is 1. The Bertz CT molecular complexity index is 1040. The van der Waals surface area contributed by atoms with Crippen molar-refractivity contribution >= 4 is 17.4 Å². The monoisotopic (exact) mass is 406 g/mol. The van der Waals surface area contributed by atoms with Crippen LogP contribution in [0.25, 0.3) is 22.8 Å². The molecule has 0 N–H and O–H groups in total. The summed E-state index contributed by atoms with van der Waals surface area (Å²) in [6.07, 6.45) is 1.74. The predicted molar refractivity (Wildman–Crippen MR) is 115 cm³/mol. The maximum absolute atomic E-state index is 5.81. The summed E-state index contributed by atoms with van der Waals surface area (Å²) in [6, 6.07) is 18.1. The first-order valence-corrected chi connectivity index (χ1v) is 10.6. The van der Waals surface area contributed by atoms with Gasteiger partial charge in [0.25, 0.3) is 5.22 Å². The van der Waals surface area contributed by atoms with Gasteiger partial charge in [-0.15, -0.1) is 10.2 Å². The molecule has 0 unspecified atom stereocenters. The molecule has 4 rings (SSSR count). The Balaban J connectivity index is 1.39. The third kappa shape index (κ3) is 4.51. The molecule has 0 aliphatic carbocycles. The van der Waals surface area contributed by atoms with Crippen LogP contribution in [0.2, 0.25) is 0 Å². The molecule has 0 amide bonds. The summed E-state index contributed by atoms with van der Waals surface area (Å²) in [6.45, 7) is 6.25. The summed E-state index contributed by atoms with van der Waals surface area (Å²) in [5, 5.41) is 8.79. The highest BCUT2D eigenvalue weighted by Crippen LogP contribution is 2.28. The van der Waals surface area contributed by atoms with E-state index in [9.17, 15) is 0 Å². The van der Waals surface area contributed by atoms with Crippen LogP contribution in [0.1, 0.15) is 19.7 Å². The fourth-order valence-electron chi connectivity index (χ4n) is 3.02. The van der Waals surface area contributed by atoms with Crippen LogP contribution < -0.4 is 4.90 Å². The Labute approximate surface area is 174 Å². The van der Waals surface area contributed by atoms with Gasteiger partial charge >= 0.3 is 0 Å². The van der Waals surface area contributed by atoms with Crippen LogP contribution in [0.3, 0.4) is 0 Å². The van der Waals surface area contributed by atoms with E-state index in [1.54, 1.807) is 6.20 Å². The van der Waals surface area contributed by atoms with E-state index in [1.165, 1.54) is 17.4 Å². The number of hydrogen-bond donors (Lipinski definition) is 0. The first kappa shape index (κ1) is 19.3. The summed E-state index contributed by atoms with van der Waals surface area (Å²) in [5.74, 6) is 2.41. The minimum atomic E-state index is 0.493. The smallest absolute Gasteiger partial charge is 0.277 e. The van der Waals surface area contributed by atoms with Crippen molar-refractivity contribution in [3.63, 3.8) is 0 Å². The van der Waals surface area contributed by atoms with E-state index in [4.69, 9.17) is 8.83 Å². The van der Waals surface area contributed by atoms with Gasteiger partial charge in [-0.1, -0.05) is 42.1 Å². The topological polar surface area (TPSA) is 68.2 Å². The lowest BCUT2D eigenvalue weighted by Crippen LogP contribution is -2.21. The molecule has 0 aliphatic heterocycles. The van der Waals surface area contributed by atoms with Gasteiger partial charge in [-0.05, 0) is 38.1 Å². The van der Waals surface area contributed by atoms with Crippen LogP contribution >= 0.6 is 11.8 Å². The van der Waals surface area contributed by atoms with E-state index < -0.39 is 0 Å². The van der Waals surface area contributed by atoms with Crippen LogP contribution in [0.5, 0.6) is 0 Å². The molecule has 6 nitrogen and oxygen atoms in total. The number of oxazole rings is 1. The molecule has 2 aromatic heterocycles. The number of rotatable bonds is 8. The lowest BCUT2D eigenvalue weighted by atomic mass is 10.2. The molecule has 0 radical (unpaired) electrons. The average molecular weight is 407 g/mol. The second kappa shape index (κ2) is 8.96. The molecule has 0 atom stereocenters. The van der Waals surface area contributed by atoms with Crippen LogP contribution in [-0.2, 0) is 5.75 Å². The van der Waals surface area contributed by atoms with Gasteiger partial charge in [-0.25, -0.2) is 4.98 Å². The number of hydrogen-bond acceptors (Lipinski definition) is 7. The van der Waals surface area contributed by atoms with Gasteiger partial charge in [-0.3, -0.25) is 0 Å². The zero-order valence-electron chi connectivity index (χ0n) is 16.4. The number of benzene rings is 2. The maximum Gasteiger partial charge on any atom is 0.277 e. The summed E-state index contributed by atoms with van der Waals surface area (Å²) < 4.78 is 11.6. The van der Waals surface area contributed by atoms with Crippen LogP contribution in [-0.4, -0.2) is 28.3 Å². The van der Waals surface area contributed by atoms with Crippen molar-refractivity contribution < 1.29 is 8.83 Å². The molecule has 0 bridgehead atoms. The quantitative estimate of drug-likeness (QED) is 0.356. The van der Waals surface area contributed by atoms with Gasteiger partial charge in [0, 0.05) is 29.9 Å². The fraction of sp³-hybridized carbons (Fsp3) is 0.227. The van der Waals surface area contributed by atoms with E-state index in [-0.39, 0.29) is 0 Å². The predicted octanol–water partition coefficient (Wildman–Crippen LogP) is 5.53. The SMILES string of the molecule is CCN(CC)c1ccc(-c2nnc(SCc3ncc(-c4ccccc4)o3)o2)cc1. The summed E-state index contributed by atoms with van der Waals surface area (Å²) >= 11 is 1.41. The molecule has 7 heteroatoms. The molecule has 0 spiro atoms. The van der Waals surface area contributed by atoms with Gasteiger partial charge in [0.2, 0.25) is 11.8 Å². The van der Waals surface area contributed by atoms with E-state index >= 15 is 0 Å². The Hall–Kier alpha value is -3.06. The molecule has 2 heterocycles. The molecule has 0 aliphatic rings. The first-order valence-electron chi connectivity index (χ1n) is 9.58. The van der Waals surface area contributed by atoms with Gasteiger partial charge in [0.05, 0.1) is 11.9 Å². The third-order valence-electron chi connectivity index (χ3n) is 4.58. The number of nitrogens with zero attached hydrogens (tertiary/aromatic N) is 4. The van der Waals surface area contributed by atoms with Crippen LogP contribution in [0.15, 0.2) is 74.9 Å². The minimum Gasteiger partial charge on any atom is -0.440 e. The van der Waals surface area contributed by atoms with Gasteiger partial charge in [0.1, 0.15) is 0 Å². The molecular weight excluding hydrogens is 384 g/mol. The van der Waals surface area contributed by atoms with Crippen molar-refractivity contribution in [3.8, 4) is 22.8 Å². The normalized spacial score (nSPS) is 11.0. The molecule has 4 aromatic rings. The summed E-state index contributed by atoms with van der Waals surface area (Å²) in [7, 11) is 0. The molecule has 0 saturated carbocycles. The highest BCUT2D eigenvalue weighted by Gasteiger charge is 2.12. The van der Waals surface area contributed by atoms with Gasteiger partial charge in [0.15, 0.2) is 5.76 Å². The molecule has 29 heavy (non-hydrogen) atoms. The Kier molecular flexibility index (Phi) is 5.95. The average Bonchev–Trinajstić information content (AvgIpc) is 3.44. The van der Waals surface area contributed by atoms with E-state index in [0.717, 1.165) is 30.0 Å². The molecular formula is C22H22N4O2S. The van der Waals surface area contributed by atoms with Crippen LogP contribution in [0.4, 0.5) is 5.69 Å². The largest absolute Gasteiger partial charge is 0.440 e. The molecule has 148 valence electrons. The van der Waals surface area contributed by atoms with Crippen molar-refractivity contribution in [1.29, 1.82) is 0 Å². The van der Waals surface area contributed by atoms with Crippen molar-refractivity contribution in [1.82, 2.24) is 15.2 Å². The fourth-order valence-corrected chi connectivity index (χ4v) is 3.64.